The molecule has 0 saturated heterocycles. The van der Waals surface area contributed by atoms with Gasteiger partial charge >= 0.3 is 13.8 Å². The summed E-state index contributed by atoms with van der Waals surface area (Å²) in [7, 11) is -4.78. The van der Waals surface area contributed by atoms with Crippen LogP contribution >= 0.6 is 7.82 Å². The first kappa shape index (κ1) is 43.0. The monoisotopic (exact) mass is 714 g/mol. The van der Waals surface area contributed by atoms with Crippen molar-refractivity contribution in [2.24, 2.45) is 29.2 Å². The largest absolute Gasteiger partial charge is 0.524 e. The zero-order valence-corrected chi connectivity index (χ0v) is 29.6. The Morgan fingerprint density at radius 2 is 1.35 bits per heavy atom. The predicted octanol–water partition coefficient (Wildman–Crippen LogP) is 0.0654. The minimum absolute atomic E-state index is 0.0882. The zero-order chi connectivity index (χ0) is 37.6. The summed E-state index contributed by atoms with van der Waals surface area (Å²) in [6.45, 7) is 10.5. The third-order valence-electron chi connectivity index (χ3n) is 7.68. The van der Waals surface area contributed by atoms with Gasteiger partial charge in [0.15, 0.2) is 0 Å². The van der Waals surface area contributed by atoms with Crippen LogP contribution in [0.3, 0.4) is 0 Å². The van der Waals surface area contributed by atoms with E-state index in [-0.39, 0.29) is 36.8 Å². The van der Waals surface area contributed by atoms with Crippen molar-refractivity contribution in [2.75, 3.05) is 0 Å². The molecule has 1 aromatic carbocycles. The summed E-state index contributed by atoms with van der Waals surface area (Å²) in [4.78, 5) is 94.7. The number of nitrogens with one attached hydrogen (secondary N) is 4. The highest BCUT2D eigenvalue weighted by Crippen LogP contribution is 2.37. The summed E-state index contributed by atoms with van der Waals surface area (Å²) in [5.41, 5.74) is 11.9. The molecule has 0 aliphatic heterocycles. The molecule has 0 aliphatic carbocycles. The number of nitrogens with two attached hydrogens (primary N) is 2. The summed E-state index contributed by atoms with van der Waals surface area (Å²) in [6.07, 6.45) is -0.235. The van der Waals surface area contributed by atoms with Gasteiger partial charge in [0.2, 0.25) is 29.5 Å². The molecule has 0 heterocycles. The van der Waals surface area contributed by atoms with E-state index in [4.69, 9.17) is 21.3 Å². The first-order valence-corrected chi connectivity index (χ1v) is 17.5. The Labute approximate surface area is 285 Å². The molecule has 11 N–H and O–H groups in total. The van der Waals surface area contributed by atoms with E-state index in [0.29, 0.717) is 12.0 Å². The van der Waals surface area contributed by atoms with Gasteiger partial charge in [0.1, 0.15) is 29.9 Å². The second-order valence-electron chi connectivity index (χ2n) is 12.7. The van der Waals surface area contributed by atoms with Gasteiger partial charge in [-0.05, 0) is 48.3 Å². The van der Waals surface area contributed by atoms with Gasteiger partial charge in [0.05, 0.1) is 6.04 Å². The fourth-order valence-electron chi connectivity index (χ4n) is 4.58. The average Bonchev–Trinajstić information content (AvgIpc) is 2.99. The molecule has 276 valence electrons. The lowest BCUT2D eigenvalue weighted by Gasteiger charge is -2.29. The van der Waals surface area contributed by atoms with Crippen molar-refractivity contribution in [3.05, 3.63) is 29.8 Å². The molecule has 0 spiro atoms. The maximum atomic E-state index is 13.7. The van der Waals surface area contributed by atoms with Crippen molar-refractivity contribution in [1.29, 1.82) is 0 Å². The normalized spacial score (nSPS) is 15.2. The third kappa shape index (κ3) is 15.8. The summed E-state index contributed by atoms with van der Waals surface area (Å²) in [6, 6.07) is -0.442. The number of carboxylic acids is 1. The smallest absolute Gasteiger partial charge is 0.481 e. The topological polar surface area (TPSA) is 290 Å². The van der Waals surface area contributed by atoms with Gasteiger partial charge in [-0.3, -0.25) is 38.6 Å². The number of rotatable bonds is 21. The predicted molar refractivity (Wildman–Crippen MR) is 178 cm³/mol. The molecule has 6 atom stereocenters. The number of hydrogen-bond acceptors (Lipinski definition) is 9. The molecular weight excluding hydrogens is 663 g/mol. The number of carbonyl (C=O) groups excluding carboxylic acids is 5. The van der Waals surface area contributed by atoms with Gasteiger partial charge in [0.25, 0.3) is 0 Å². The van der Waals surface area contributed by atoms with Crippen molar-refractivity contribution >= 4 is 43.3 Å². The highest BCUT2D eigenvalue weighted by molar-refractivity contribution is 7.46. The number of phosphoric ester groups is 1. The lowest BCUT2D eigenvalue weighted by Crippen LogP contribution is -2.60. The number of amides is 5. The molecule has 0 fully saturated rings. The molecule has 0 saturated carbocycles. The standard InChI is InChI=1S/C31H51N6O11P/c1-7-18(6)26(37-28(41)21(12-13-24(38)39)34-30(43)25(32)17(4)5)31(44)36-23(14-16(2)3)29(42)35-22(27(33)40)15-19-8-10-20(11-9-19)48-49(45,46)47/h8-11,16-18,21-23,25-26H,7,12-15,32H2,1-6H3,(H2,33,40)(H,34,43)(H,35,42)(H,36,44)(H,37,41)(H,38,39)(H2,45,46,47)/t18-,21-,22-,23-,25-,26-/m0/s1. The number of hydrogen-bond donors (Lipinski definition) is 9. The van der Waals surface area contributed by atoms with Crippen molar-refractivity contribution in [3.63, 3.8) is 0 Å². The Balaban J connectivity index is 3.20. The highest BCUT2D eigenvalue weighted by Gasteiger charge is 2.34. The summed E-state index contributed by atoms with van der Waals surface area (Å²) < 4.78 is 15.6. The Kier molecular flexibility index (Phi) is 17.4. The van der Waals surface area contributed by atoms with Crippen LogP contribution in [-0.4, -0.2) is 80.6 Å². The van der Waals surface area contributed by atoms with E-state index in [0.717, 1.165) is 0 Å². The molecule has 0 unspecified atom stereocenters. The van der Waals surface area contributed by atoms with E-state index in [1.807, 2.05) is 13.8 Å². The Morgan fingerprint density at radius 3 is 1.82 bits per heavy atom. The molecular formula is C31H51N6O11P. The van der Waals surface area contributed by atoms with Crippen LogP contribution in [0.2, 0.25) is 0 Å². The Hall–Kier alpha value is -4.05. The zero-order valence-electron chi connectivity index (χ0n) is 28.7. The fourth-order valence-corrected chi connectivity index (χ4v) is 4.98. The number of carboxylic acid groups (broad SMARTS) is 1. The lowest BCUT2D eigenvalue weighted by atomic mass is 9.95. The molecule has 0 radical (unpaired) electrons. The first-order chi connectivity index (χ1) is 22.6. The highest BCUT2D eigenvalue weighted by atomic mass is 31.2. The van der Waals surface area contributed by atoms with Crippen LogP contribution < -0.4 is 37.3 Å². The minimum atomic E-state index is -4.78. The SMILES string of the molecule is CC[C@H](C)[C@H](NC(=O)[C@H](CCC(=O)O)NC(=O)[C@@H](N)C(C)C)C(=O)N[C@@H](CC(C)C)C(=O)N[C@@H](Cc1ccc(OP(=O)(O)O)cc1)C(N)=O. The van der Waals surface area contributed by atoms with Crippen LogP contribution in [0.4, 0.5) is 0 Å². The van der Waals surface area contributed by atoms with E-state index in [1.165, 1.54) is 24.3 Å². The van der Waals surface area contributed by atoms with Gasteiger partial charge in [0, 0.05) is 12.8 Å². The molecule has 5 amide bonds. The summed E-state index contributed by atoms with van der Waals surface area (Å²) >= 11 is 0. The molecule has 0 aromatic heterocycles. The molecule has 0 bridgehead atoms. The van der Waals surface area contributed by atoms with Crippen LogP contribution in [0.5, 0.6) is 5.75 Å². The van der Waals surface area contributed by atoms with Crippen LogP contribution in [0, 0.1) is 17.8 Å². The van der Waals surface area contributed by atoms with Crippen molar-refractivity contribution < 1.29 is 52.7 Å². The molecule has 1 rings (SSSR count). The van der Waals surface area contributed by atoms with Crippen LogP contribution in [0.25, 0.3) is 0 Å². The van der Waals surface area contributed by atoms with E-state index >= 15 is 0 Å². The van der Waals surface area contributed by atoms with Crippen LogP contribution in [-0.2, 0) is 39.8 Å². The molecule has 1 aromatic rings. The summed E-state index contributed by atoms with van der Waals surface area (Å²) in [5.74, 6) is -5.94. The van der Waals surface area contributed by atoms with E-state index < -0.39 is 85.9 Å². The van der Waals surface area contributed by atoms with Gasteiger partial charge in [-0.1, -0.05) is 60.1 Å². The van der Waals surface area contributed by atoms with E-state index in [1.54, 1.807) is 27.7 Å². The van der Waals surface area contributed by atoms with Crippen molar-refractivity contribution in [3.8, 4) is 5.75 Å². The van der Waals surface area contributed by atoms with Gasteiger partial charge < -0.3 is 42.4 Å². The number of phosphoric acid groups is 1. The van der Waals surface area contributed by atoms with E-state index in [9.17, 15) is 38.4 Å². The second kappa shape index (κ2) is 19.8. The third-order valence-corrected chi connectivity index (χ3v) is 8.13. The first-order valence-electron chi connectivity index (χ1n) is 16.0. The summed E-state index contributed by atoms with van der Waals surface area (Å²) in [5, 5.41) is 19.5. The Morgan fingerprint density at radius 1 is 0.816 bits per heavy atom. The van der Waals surface area contributed by atoms with Crippen LogP contribution in [0.15, 0.2) is 24.3 Å². The number of benzene rings is 1. The molecule has 18 heteroatoms. The molecule has 49 heavy (non-hydrogen) atoms. The van der Waals surface area contributed by atoms with Gasteiger partial charge in [-0.2, -0.15) is 0 Å². The van der Waals surface area contributed by atoms with Gasteiger partial charge in [-0.25, -0.2) is 4.57 Å². The average molecular weight is 715 g/mol. The quantitative estimate of drug-likeness (QED) is 0.0765. The maximum absolute atomic E-state index is 13.7. The Bertz CT molecular complexity index is 1350. The molecule has 0 aliphatic rings. The van der Waals surface area contributed by atoms with Gasteiger partial charge in [-0.15, -0.1) is 0 Å². The fraction of sp³-hybridized carbons (Fsp3) is 0.613. The maximum Gasteiger partial charge on any atom is 0.524 e. The lowest BCUT2D eigenvalue weighted by molar-refractivity contribution is -0.138. The number of aliphatic carboxylic acids is 1. The van der Waals surface area contributed by atoms with Crippen molar-refractivity contribution in [2.45, 2.75) is 104 Å². The van der Waals surface area contributed by atoms with Crippen molar-refractivity contribution in [1.82, 2.24) is 21.3 Å². The minimum Gasteiger partial charge on any atom is -0.481 e. The van der Waals surface area contributed by atoms with Crippen LogP contribution in [0.1, 0.15) is 72.8 Å². The number of carbonyl (C=O) groups is 6. The second-order valence-corrected chi connectivity index (χ2v) is 13.9. The van der Waals surface area contributed by atoms with E-state index in [2.05, 4.69) is 25.8 Å². The molecule has 17 nitrogen and oxygen atoms in total. The number of primary amides is 1.